The van der Waals surface area contributed by atoms with Gasteiger partial charge < -0.3 is 9.73 Å². The van der Waals surface area contributed by atoms with Crippen LogP contribution in [0.3, 0.4) is 0 Å². The summed E-state index contributed by atoms with van der Waals surface area (Å²) in [5.74, 6) is -1.04. The van der Waals surface area contributed by atoms with Gasteiger partial charge in [-0.2, -0.15) is 5.10 Å². The van der Waals surface area contributed by atoms with Crippen molar-refractivity contribution in [3.8, 4) is 0 Å². The lowest BCUT2D eigenvalue weighted by atomic mass is 10.2. The second-order valence-electron chi connectivity index (χ2n) is 4.64. The fourth-order valence-electron chi connectivity index (χ4n) is 1.71. The SMILES string of the molecule is O=C(CCC(=O)Nc1ccccc1)N/N=C/c1ccc([N+](=O)[O-])o1. The zero-order valence-electron chi connectivity index (χ0n) is 12.5. The lowest BCUT2D eigenvalue weighted by Gasteiger charge is -2.04. The smallest absolute Gasteiger partial charge is 0.400 e. The van der Waals surface area contributed by atoms with Crippen molar-refractivity contribution in [3.63, 3.8) is 0 Å². The van der Waals surface area contributed by atoms with E-state index in [9.17, 15) is 19.7 Å². The Bertz CT molecular complexity index is 754. The van der Waals surface area contributed by atoms with E-state index in [0.717, 1.165) is 6.21 Å². The van der Waals surface area contributed by atoms with E-state index in [4.69, 9.17) is 4.42 Å². The summed E-state index contributed by atoms with van der Waals surface area (Å²) in [7, 11) is 0. The molecule has 124 valence electrons. The number of hydrogen-bond acceptors (Lipinski definition) is 6. The molecule has 2 aromatic rings. The summed E-state index contributed by atoms with van der Waals surface area (Å²) >= 11 is 0. The van der Waals surface area contributed by atoms with Crippen LogP contribution >= 0.6 is 0 Å². The van der Waals surface area contributed by atoms with Crippen LogP contribution in [0.5, 0.6) is 0 Å². The Balaban J connectivity index is 1.71. The molecule has 24 heavy (non-hydrogen) atoms. The quantitative estimate of drug-likeness (QED) is 0.456. The summed E-state index contributed by atoms with van der Waals surface area (Å²) < 4.78 is 4.83. The van der Waals surface area contributed by atoms with Crippen molar-refractivity contribution in [2.45, 2.75) is 12.8 Å². The predicted molar refractivity (Wildman–Crippen MR) is 85.4 cm³/mol. The van der Waals surface area contributed by atoms with E-state index in [2.05, 4.69) is 15.8 Å². The molecule has 0 saturated carbocycles. The van der Waals surface area contributed by atoms with Gasteiger partial charge in [-0.25, -0.2) is 5.43 Å². The molecule has 1 aromatic carbocycles. The summed E-state index contributed by atoms with van der Waals surface area (Å²) in [4.78, 5) is 33.0. The molecule has 0 saturated heterocycles. The highest BCUT2D eigenvalue weighted by molar-refractivity contribution is 5.93. The highest BCUT2D eigenvalue weighted by atomic mass is 16.6. The van der Waals surface area contributed by atoms with Gasteiger partial charge in [0.25, 0.3) is 0 Å². The van der Waals surface area contributed by atoms with Gasteiger partial charge in [-0.05, 0) is 18.2 Å². The minimum Gasteiger partial charge on any atom is -0.400 e. The number of carbonyl (C=O) groups excluding carboxylic acids is 2. The highest BCUT2D eigenvalue weighted by Gasteiger charge is 2.10. The molecule has 0 spiro atoms. The van der Waals surface area contributed by atoms with Gasteiger partial charge in [0.15, 0.2) is 5.76 Å². The maximum atomic E-state index is 11.7. The van der Waals surface area contributed by atoms with E-state index < -0.39 is 16.7 Å². The molecule has 0 radical (unpaired) electrons. The average Bonchev–Trinajstić information content (AvgIpc) is 3.03. The van der Waals surface area contributed by atoms with Gasteiger partial charge >= 0.3 is 5.88 Å². The van der Waals surface area contributed by atoms with Crippen molar-refractivity contribution in [2.24, 2.45) is 5.10 Å². The third-order valence-electron chi connectivity index (χ3n) is 2.81. The number of nitrogens with one attached hydrogen (secondary N) is 2. The Morgan fingerprint density at radius 3 is 2.50 bits per heavy atom. The monoisotopic (exact) mass is 330 g/mol. The minimum absolute atomic E-state index is 0.00245. The van der Waals surface area contributed by atoms with Gasteiger partial charge in [0.05, 0.1) is 12.3 Å². The maximum Gasteiger partial charge on any atom is 0.433 e. The molecule has 0 aliphatic rings. The maximum absolute atomic E-state index is 11.7. The van der Waals surface area contributed by atoms with Crippen LogP contribution in [0.15, 0.2) is 52.0 Å². The Morgan fingerprint density at radius 2 is 1.83 bits per heavy atom. The minimum atomic E-state index is -0.679. The molecule has 9 heteroatoms. The normalized spacial score (nSPS) is 10.5. The summed E-state index contributed by atoms with van der Waals surface area (Å²) in [6.45, 7) is 0. The number of hydrazone groups is 1. The first kappa shape index (κ1) is 16.9. The first-order valence-corrected chi connectivity index (χ1v) is 6.95. The third-order valence-corrected chi connectivity index (χ3v) is 2.81. The Hall–Kier alpha value is -3.49. The van der Waals surface area contributed by atoms with Crippen LogP contribution in [-0.4, -0.2) is 23.0 Å². The van der Waals surface area contributed by atoms with Gasteiger partial charge in [0, 0.05) is 18.5 Å². The van der Waals surface area contributed by atoms with Crippen molar-refractivity contribution in [2.75, 3.05) is 5.32 Å². The summed E-state index contributed by atoms with van der Waals surface area (Å²) in [6.07, 6.45) is 1.09. The topological polar surface area (TPSA) is 127 Å². The lowest BCUT2D eigenvalue weighted by molar-refractivity contribution is -0.402. The zero-order valence-corrected chi connectivity index (χ0v) is 12.5. The van der Waals surface area contributed by atoms with Crippen LogP contribution < -0.4 is 10.7 Å². The molecular formula is C15H14N4O5. The number of amides is 2. The zero-order chi connectivity index (χ0) is 17.4. The van der Waals surface area contributed by atoms with Crippen molar-refractivity contribution in [1.82, 2.24) is 5.43 Å². The number of nitro groups is 1. The van der Waals surface area contributed by atoms with Gasteiger partial charge in [-0.15, -0.1) is 0 Å². The number of anilines is 1. The molecule has 0 atom stereocenters. The van der Waals surface area contributed by atoms with Gasteiger partial charge in [0.2, 0.25) is 11.8 Å². The Kier molecular flexibility index (Phi) is 5.78. The van der Waals surface area contributed by atoms with E-state index in [1.807, 2.05) is 6.07 Å². The van der Waals surface area contributed by atoms with Gasteiger partial charge in [-0.3, -0.25) is 19.7 Å². The molecular weight excluding hydrogens is 316 g/mol. The molecule has 2 rings (SSSR count). The molecule has 0 fully saturated rings. The van der Waals surface area contributed by atoms with Crippen LogP contribution in [0.4, 0.5) is 11.6 Å². The van der Waals surface area contributed by atoms with Crippen LogP contribution in [-0.2, 0) is 9.59 Å². The molecule has 1 heterocycles. The molecule has 1 aromatic heterocycles. The number of carbonyl (C=O) groups is 2. The predicted octanol–water partition coefficient (Wildman–Crippen LogP) is 2.06. The lowest BCUT2D eigenvalue weighted by Crippen LogP contribution is -2.20. The average molecular weight is 330 g/mol. The molecule has 2 amide bonds. The fraction of sp³-hybridized carbons (Fsp3) is 0.133. The number of benzene rings is 1. The van der Waals surface area contributed by atoms with Crippen molar-refractivity contribution in [1.29, 1.82) is 0 Å². The van der Waals surface area contributed by atoms with Crippen LogP contribution in [0.25, 0.3) is 0 Å². The number of rotatable bonds is 7. The number of hydrogen-bond donors (Lipinski definition) is 2. The van der Waals surface area contributed by atoms with Gasteiger partial charge in [-0.1, -0.05) is 18.2 Å². The van der Waals surface area contributed by atoms with Crippen molar-refractivity contribution >= 4 is 29.6 Å². The van der Waals surface area contributed by atoms with E-state index in [1.165, 1.54) is 12.1 Å². The Morgan fingerprint density at radius 1 is 1.12 bits per heavy atom. The first-order valence-electron chi connectivity index (χ1n) is 6.95. The van der Waals surface area contributed by atoms with E-state index >= 15 is 0 Å². The summed E-state index contributed by atoms with van der Waals surface area (Å²) in [5, 5.41) is 16.7. The molecule has 0 aliphatic heterocycles. The van der Waals surface area contributed by atoms with E-state index in [-0.39, 0.29) is 24.5 Å². The number of para-hydroxylation sites is 1. The molecule has 0 aliphatic carbocycles. The largest absolute Gasteiger partial charge is 0.433 e. The summed E-state index contributed by atoms with van der Waals surface area (Å²) in [5.41, 5.74) is 2.86. The molecule has 2 N–H and O–H groups in total. The van der Waals surface area contributed by atoms with Crippen LogP contribution in [0.1, 0.15) is 18.6 Å². The number of furan rings is 1. The van der Waals surface area contributed by atoms with Gasteiger partial charge in [0.1, 0.15) is 4.92 Å². The highest BCUT2D eigenvalue weighted by Crippen LogP contribution is 2.13. The first-order chi connectivity index (χ1) is 11.5. The van der Waals surface area contributed by atoms with Crippen molar-refractivity contribution in [3.05, 3.63) is 58.3 Å². The second-order valence-corrected chi connectivity index (χ2v) is 4.64. The Labute approximate surface area is 136 Å². The van der Waals surface area contributed by atoms with Crippen LogP contribution in [0, 0.1) is 10.1 Å². The van der Waals surface area contributed by atoms with E-state index in [1.54, 1.807) is 24.3 Å². The third kappa shape index (κ3) is 5.37. The summed E-state index contributed by atoms with van der Waals surface area (Å²) in [6, 6.07) is 11.4. The van der Waals surface area contributed by atoms with Crippen molar-refractivity contribution < 1.29 is 18.9 Å². The number of nitrogens with zero attached hydrogens (tertiary/aromatic N) is 2. The second kappa shape index (κ2) is 8.22. The molecule has 0 unspecified atom stereocenters. The molecule has 9 nitrogen and oxygen atoms in total. The van der Waals surface area contributed by atoms with E-state index in [0.29, 0.717) is 5.69 Å². The standard InChI is InChI=1S/C15H14N4O5/c20-13(17-11-4-2-1-3-5-11)7-8-14(21)18-16-10-12-6-9-15(24-12)19(22)23/h1-6,9-10H,7-8H2,(H,17,20)(H,18,21)/b16-10+. The molecule has 0 bridgehead atoms. The van der Waals surface area contributed by atoms with Crippen LogP contribution in [0.2, 0.25) is 0 Å². The fourth-order valence-corrected chi connectivity index (χ4v) is 1.71.